The van der Waals surface area contributed by atoms with Crippen molar-refractivity contribution in [2.24, 2.45) is 11.7 Å². The quantitative estimate of drug-likeness (QED) is 0.804. The van der Waals surface area contributed by atoms with Crippen molar-refractivity contribution < 1.29 is 9.59 Å². The number of hydrogen-bond donors (Lipinski definition) is 2. The highest BCUT2D eigenvalue weighted by molar-refractivity contribution is 6.42. The first kappa shape index (κ1) is 17.5. The van der Waals surface area contributed by atoms with Gasteiger partial charge in [-0.05, 0) is 50.3 Å². The highest BCUT2D eigenvalue weighted by atomic mass is 35.5. The van der Waals surface area contributed by atoms with Gasteiger partial charge in [-0.25, -0.2) is 0 Å². The minimum Gasteiger partial charge on any atom is -0.353 e. The Morgan fingerprint density at radius 2 is 1.83 bits per heavy atom. The highest BCUT2D eigenvalue weighted by Gasteiger charge is 2.38. The number of nitrogens with zero attached hydrogens (tertiary/aromatic N) is 1. The molecule has 2 aliphatic rings. The normalized spacial score (nSPS) is 27.4. The summed E-state index contributed by atoms with van der Waals surface area (Å²) in [5.41, 5.74) is 6.56. The summed E-state index contributed by atoms with van der Waals surface area (Å²) < 4.78 is 0. The van der Waals surface area contributed by atoms with E-state index in [4.69, 9.17) is 28.9 Å². The molecule has 1 heterocycles. The predicted octanol–water partition coefficient (Wildman–Crippen LogP) is 2.73. The number of benzene rings is 1. The molecule has 1 saturated heterocycles. The average molecular weight is 370 g/mol. The van der Waals surface area contributed by atoms with Gasteiger partial charge in [0.15, 0.2) is 0 Å². The maximum Gasteiger partial charge on any atom is 0.239 e. The zero-order valence-corrected chi connectivity index (χ0v) is 14.8. The van der Waals surface area contributed by atoms with Crippen molar-refractivity contribution in [3.8, 4) is 0 Å². The maximum absolute atomic E-state index is 12.6. The van der Waals surface area contributed by atoms with Gasteiger partial charge < -0.3 is 16.0 Å². The Kier molecular flexibility index (Phi) is 5.33. The van der Waals surface area contributed by atoms with Crippen molar-refractivity contribution in [2.75, 3.05) is 11.4 Å². The molecule has 1 aliphatic carbocycles. The SMILES string of the molecule is NC1CCC(NC(=O)C2CCN(c3ccc(Cl)c(Cl)c3)C2=O)CC1. The number of rotatable bonds is 3. The van der Waals surface area contributed by atoms with Crippen LogP contribution in [0.3, 0.4) is 0 Å². The summed E-state index contributed by atoms with van der Waals surface area (Å²) in [4.78, 5) is 26.7. The van der Waals surface area contributed by atoms with Crippen LogP contribution in [0.1, 0.15) is 32.1 Å². The van der Waals surface area contributed by atoms with Crippen molar-refractivity contribution in [3.63, 3.8) is 0 Å². The molecule has 0 spiro atoms. The molecule has 0 bridgehead atoms. The second kappa shape index (κ2) is 7.30. The van der Waals surface area contributed by atoms with E-state index in [0.29, 0.717) is 28.7 Å². The number of carbonyl (C=O) groups excluding carboxylic acids is 2. The van der Waals surface area contributed by atoms with E-state index in [0.717, 1.165) is 25.7 Å². The van der Waals surface area contributed by atoms with Crippen molar-refractivity contribution in [1.82, 2.24) is 5.32 Å². The molecule has 7 heteroatoms. The number of hydrogen-bond acceptors (Lipinski definition) is 3. The molecule has 3 rings (SSSR count). The fraction of sp³-hybridized carbons (Fsp3) is 0.529. The molecule has 0 aromatic heterocycles. The van der Waals surface area contributed by atoms with Crippen molar-refractivity contribution in [3.05, 3.63) is 28.2 Å². The van der Waals surface area contributed by atoms with Crippen LogP contribution >= 0.6 is 23.2 Å². The number of anilines is 1. The number of nitrogens with two attached hydrogens (primary N) is 1. The lowest BCUT2D eigenvalue weighted by atomic mass is 9.91. The molecular weight excluding hydrogens is 349 g/mol. The van der Waals surface area contributed by atoms with Gasteiger partial charge in [0.05, 0.1) is 10.0 Å². The van der Waals surface area contributed by atoms with E-state index in [1.54, 1.807) is 23.1 Å². The van der Waals surface area contributed by atoms with E-state index in [-0.39, 0.29) is 23.9 Å². The lowest BCUT2D eigenvalue weighted by Crippen LogP contribution is -2.44. The van der Waals surface area contributed by atoms with E-state index in [1.165, 1.54) is 0 Å². The molecule has 2 amide bonds. The molecule has 1 unspecified atom stereocenters. The Labute approximate surface area is 151 Å². The highest BCUT2D eigenvalue weighted by Crippen LogP contribution is 2.31. The van der Waals surface area contributed by atoms with Crippen molar-refractivity contribution >= 4 is 40.7 Å². The summed E-state index contributed by atoms with van der Waals surface area (Å²) in [6, 6.07) is 5.42. The Morgan fingerprint density at radius 1 is 1.12 bits per heavy atom. The van der Waals surface area contributed by atoms with Gasteiger partial charge in [-0.2, -0.15) is 0 Å². The lowest BCUT2D eigenvalue weighted by molar-refractivity contribution is -0.132. The monoisotopic (exact) mass is 369 g/mol. The molecule has 1 aromatic carbocycles. The summed E-state index contributed by atoms with van der Waals surface area (Å²) in [5, 5.41) is 3.85. The molecule has 1 aliphatic heterocycles. The van der Waals surface area contributed by atoms with Crippen LogP contribution in [-0.4, -0.2) is 30.4 Å². The van der Waals surface area contributed by atoms with Gasteiger partial charge in [-0.3, -0.25) is 9.59 Å². The summed E-state index contributed by atoms with van der Waals surface area (Å²) >= 11 is 11.9. The summed E-state index contributed by atoms with van der Waals surface area (Å²) in [6.45, 7) is 0.504. The summed E-state index contributed by atoms with van der Waals surface area (Å²) in [6.07, 6.45) is 4.10. The number of amides is 2. The third-order valence-electron chi connectivity index (χ3n) is 4.86. The Balaban J connectivity index is 1.63. The molecule has 130 valence electrons. The van der Waals surface area contributed by atoms with Gasteiger partial charge in [0.2, 0.25) is 11.8 Å². The van der Waals surface area contributed by atoms with Gasteiger partial charge in [0.1, 0.15) is 5.92 Å². The minimum atomic E-state index is -0.630. The van der Waals surface area contributed by atoms with Gasteiger partial charge >= 0.3 is 0 Å². The zero-order valence-electron chi connectivity index (χ0n) is 13.3. The van der Waals surface area contributed by atoms with E-state index in [1.807, 2.05) is 0 Å². The van der Waals surface area contributed by atoms with E-state index < -0.39 is 5.92 Å². The van der Waals surface area contributed by atoms with Crippen LogP contribution in [0.25, 0.3) is 0 Å². The van der Waals surface area contributed by atoms with Crippen LogP contribution < -0.4 is 16.0 Å². The fourth-order valence-electron chi connectivity index (χ4n) is 3.40. The van der Waals surface area contributed by atoms with Gasteiger partial charge in [-0.1, -0.05) is 23.2 Å². The molecule has 3 N–H and O–H groups in total. The number of carbonyl (C=O) groups is 2. The van der Waals surface area contributed by atoms with E-state index in [9.17, 15) is 9.59 Å². The maximum atomic E-state index is 12.6. The Morgan fingerprint density at radius 3 is 2.50 bits per heavy atom. The second-order valence-electron chi connectivity index (χ2n) is 6.55. The first-order valence-electron chi connectivity index (χ1n) is 8.28. The molecular formula is C17H21Cl2N3O2. The smallest absolute Gasteiger partial charge is 0.239 e. The lowest BCUT2D eigenvalue weighted by Gasteiger charge is -2.27. The second-order valence-corrected chi connectivity index (χ2v) is 7.36. The molecule has 1 saturated carbocycles. The van der Waals surface area contributed by atoms with Crippen LogP contribution in [0.5, 0.6) is 0 Å². The van der Waals surface area contributed by atoms with Crippen LogP contribution in [-0.2, 0) is 9.59 Å². The van der Waals surface area contributed by atoms with Gasteiger partial charge in [-0.15, -0.1) is 0 Å². The fourth-order valence-corrected chi connectivity index (χ4v) is 3.69. The molecule has 2 fully saturated rings. The Hall–Kier alpha value is -1.30. The largest absolute Gasteiger partial charge is 0.353 e. The molecule has 5 nitrogen and oxygen atoms in total. The molecule has 1 aromatic rings. The third kappa shape index (κ3) is 3.68. The first-order valence-corrected chi connectivity index (χ1v) is 9.03. The third-order valence-corrected chi connectivity index (χ3v) is 5.59. The van der Waals surface area contributed by atoms with Gasteiger partial charge in [0, 0.05) is 24.3 Å². The van der Waals surface area contributed by atoms with Crippen LogP contribution in [0, 0.1) is 5.92 Å². The van der Waals surface area contributed by atoms with Crippen LogP contribution in [0.4, 0.5) is 5.69 Å². The molecule has 1 atom stereocenters. The van der Waals surface area contributed by atoms with Gasteiger partial charge in [0.25, 0.3) is 0 Å². The number of halogens is 2. The minimum absolute atomic E-state index is 0.129. The first-order chi connectivity index (χ1) is 11.5. The topological polar surface area (TPSA) is 75.4 Å². The Bertz CT molecular complexity index is 645. The summed E-state index contributed by atoms with van der Waals surface area (Å²) in [7, 11) is 0. The van der Waals surface area contributed by atoms with Crippen LogP contribution in [0.15, 0.2) is 18.2 Å². The van der Waals surface area contributed by atoms with Crippen LogP contribution in [0.2, 0.25) is 10.0 Å². The summed E-state index contributed by atoms with van der Waals surface area (Å²) in [5.74, 6) is -0.989. The van der Waals surface area contributed by atoms with Crippen molar-refractivity contribution in [2.45, 2.75) is 44.2 Å². The van der Waals surface area contributed by atoms with Crippen molar-refractivity contribution in [1.29, 1.82) is 0 Å². The average Bonchev–Trinajstić information content (AvgIpc) is 2.94. The molecule has 0 radical (unpaired) electrons. The van der Waals surface area contributed by atoms with E-state index in [2.05, 4.69) is 5.32 Å². The standard InChI is InChI=1S/C17H21Cl2N3O2/c18-14-6-5-12(9-15(14)19)22-8-7-13(17(22)24)16(23)21-11-3-1-10(20)2-4-11/h5-6,9-11,13H,1-4,7-8,20H2,(H,21,23). The number of nitrogens with one attached hydrogen (secondary N) is 1. The predicted molar refractivity (Wildman–Crippen MR) is 95.3 cm³/mol. The molecule has 24 heavy (non-hydrogen) atoms. The van der Waals surface area contributed by atoms with E-state index >= 15 is 0 Å². The zero-order chi connectivity index (χ0) is 17.3.